The highest BCUT2D eigenvalue weighted by atomic mass is 35.5. The number of anilines is 1. The number of amides is 3. The molecule has 0 saturated carbocycles. The number of benzene rings is 2. The van der Waals surface area contributed by atoms with Crippen LogP contribution >= 0.6 is 22.9 Å². The minimum atomic E-state index is -0.248. The van der Waals surface area contributed by atoms with Gasteiger partial charge in [-0.3, -0.25) is 9.69 Å². The van der Waals surface area contributed by atoms with Crippen molar-refractivity contribution in [3.05, 3.63) is 86.8 Å². The largest absolute Gasteiger partial charge is 0.339 e. The van der Waals surface area contributed by atoms with E-state index in [-0.39, 0.29) is 29.8 Å². The minimum Gasteiger partial charge on any atom is -0.339 e. The quantitative estimate of drug-likeness (QED) is 0.455. The fourth-order valence-corrected chi connectivity index (χ4v) is 6.42. The number of urea groups is 1. The van der Waals surface area contributed by atoms with Crippen molar-refractivity contribution < 1.29 is 14.0 Å². The zero-order valence-electron chi connectivity index (χ0n) is 20.7. The van der Waals surface area contributed by atoms with Gasteiger partial charge in [-0.15, -0.1) is 11.3 Å². The average Bonchev–Trinajstić information content (AvgIpc) is 3.35. The van der Waals surface area contributed by atoms with Crippen LogP contribution in [0.2, 0.25) is 5.02 Å². The van der Waals surface area contributed by atoms with Crippen molar-refractivity contribution in [2.75, 3.05) is 38.0 Å². The van der Waals surface area contributed by atoms with E-state index in [2.05, 4.69) is 21.7 Å². The predicted molar refractivity (Wildman–Crippen MR) is 146 cm³/mol. The van der Waals surface area contributed by atoms with E-state index in [1.165, 1.54) is 16.5 Å². The van der Waals surface area contributed by atoms with E-state index in [1.807, 2.05) is 17.9 Å². The number of fused-ring (bicyclic) bond motifs is 1. The zero-order chi connectivity index (χ0) is 25.9. The molecule has 9 heteroatoms. The first kappa shape index (κ1) is 25.7. The Hall–Kier alpha value is -2.94. The lowest BCUT2D eigenvalue weighted by Crippen LogP contribution is -2.56. The monoisotopic (exact) mass is 540 g/mol. The lowest BCUT2D eigenvalue weighted by molar-refractivity contribution is -0.134. The molecule has 194 valence electrons. The number of piperazine rings is 1. The van der Waals surface area contributed by atoms with Crippen molar-refractivity contribution in [2.24, 2.45) is 0 Å². The molecular formula is C28H30ClFN4O2S. The fourth-order valence-electron chi connectivity index (χ4n) is 5.32. The third kappa shape index (κ3) is 5.81. The third-order valence-corrected chi connectivity index (χ3v) is 8.39. The van der Waals surface area contributed by atoms with Crippen LogP contribution in [0.1, 0.15) is 35.4 Å². The molecule has 3 aromatic rings. The van der Waals surface area contributed by atoms with Crippen LogP contribution < -0.4 is 5.32 Å². The van der Waals surface area contributed by atoms with Gasteiger partial charge in [0.2, 0.25) is 5.91 Å². The fraction of sp³-hybridized carbons (Fsp3) is 0.357. The lowest BCUT2D eigenvalue weighted by atomic mass is 9.93. The first-order valence-electron chi connectivity index (χ1n) is 12.6. The Morgan fingerprint density at radius 3 is 2.73 bits per heavy atom. The summed E-state index contributed by atoms with van der Waals surface area (Å²) >= 11 is 7.77. The summed E-state index contributed by atoms with van der Waals surface area (Å²) in [4.78, 5) is 33.2. The summed E-state index contributed by atoms with van der Waals surface area (Å²) in [6.45, 7) is 4.83. The van der Waals surface area contributed by atoms with Gasteiger partial charge < -0.3 is 15.1 Å². The second-order valence-electron chi connectivity index (χ2n) is 9.62. The summed E-state index contributed by atoms with van der Waals surface area (Å²) in [5, 5.41) is 5.54. The van der Waals surface area contributed by atoms with Crippen LogP contribution in [0.4, 0.5) is 14.9 Å². The maximum absolute atomic E-state index is 14.1. The molecule has 3 amide bonds. The maximum Gasteiger partial charge on any atom is 0.322 e. The van der Waals surface area contributed by atoms with Gasteiger partial charge >= 0.3 is 6.03 Å². The smallest absolute Gasteiger partial charge is 0.322 e. The number of halogens is 2. The molecule has 0 spiro atoms. The number of carbonyl (C=O) groups is 2. The Morgan fingerprint density at radius 1 is 1.11 bits per heavy atom. The molecule has 3 heterocycles. The molecule has 1 aromatic heterocycles. The summed E-state index contributed by atoms with van der Waals surface area (Å²) < 4.78 is 14.1. The lowest BCUT2D eigenvalue weighted by Gasteiger charge is -2.40. The summed E-state index contributed by atoms with van der Waals surface area (Å²) in [6.07, 6.45) is 1.32. The van der Waals surface area contributed by atoms with Gasteiger partial charge in [-0.05, 0) is 66.2 Å². The van der Waals surface area contributed by atoms with Gasteiger partial charge in [0, 0.05) is 60.8 Å². The number of nitrogens with one attached hydrogen (secondary N) is 1. The van der Waals surface area contributed by atoms with Crippen molar-refractivity contribution >= 4 is 40.6 Å². The van der Waals surface area contributed by atoms with Crippen molar-refractivity contribution in [1.29, 1.82) is 0 Å². The molecule has 2 aromatic carbocycles. The van der Waals surface area contributed by atoms with Gasteiger partial charge in [-0.1, -0.05) is 29.8 Å². The van der Waals surface area contributed by atoms with Gasteiger partial charge in [0.25, 0.3) is 0 Å². The predicted octanol–water partition coefficient (Wildman–Crippen LogP) is 5.64. The molecule has 0 unspecified atom stereocenters. The highest BCUT2D eigenvalue weighted by molar-refractivity contribution is 7.10. The third-order valence-electron chi connectivity index (χ3n) is 7.16. The highest BCUT2D eigenvalue weighted by Gasteiger charge is 2.32. The number of nitrogens with zero attached hydrogens (tertiary/aromatic N) is 3. The summed E-state index contributed by atoms with van der Waals surface area (Å²) in [5.74, 6) is -0.169. The first-order valence-corrected chi connectivity index (χ1v) is 13.8. The second kappa shape index (κ2) is 11.2. The van der Waals surface area contributed by atoms with E-state index in [9.17, 15) is 14.0 Å². The van der Waals surface area contributed by atoms with Crippen molar-refractivity contribution in [3.63, 3.8) is 0 Å². The van der Waals surface area contributed by atoms with Crippen molar-refractivity contribution in [2.45, 2.75) is 31.8 Å². The Kier molecular flexibility index (Phi) is 7.79. The van der Waals surface area contributed by atoms with E-state index in [0.29, 0.717) is 43.3 Å². The molecule has 0 aliphatic carbocycles. The number of hydrogen-bond donors (Lipinski definition) is 1. The minimum absolute atomic E-state index is 0.0514. The highest BCUT2D eigenvalue weighted by Crippen LogP contribution is 2.38. The Bertz CT molecular complexity index is 1280. The van der Waals surface area contributed by atoms with Gasteiger partial charge in [0.15, 0.2) is 0 Å². The van der Waals surface area contributed by atoms with Gasteiger partial charge in [0.05, 0.1) is 6.04 Å². The standard InChI is InChI=1S/C28H30ClFN4O2S/c1-19-18-33(13-14-34(19)28(36)31-23-7-3-5-21(29)17-23)26(35)9-12-32-11-8-25-24(10-15-37-25)27(32)20-4-2-6-22(30)16-20/h2-7,10,15-17,19,27H,8-9,11-14,18H2,1H3,(H,31,36)/t19-,27+/m1/s1. The maximum atomic E-state index is 14.1. The Labute approximate surface area is 225 Å². The van der Waals surface area contributed by atoms with Crippen LogP contribution in [0.25, 0.3) is 0 Å². The van der Waals surface area contributed by atoms with Crippen LogP contribution in [0.3, 0.4) is 0 Å². The first-order chi connectivity index (χ1) is 17.9. The molecule has 1 fully saturated rings. The summed E-state index contributed by atoms with van der Waals surface area (Å²) in [5.41, 5.74) is 2.77. The van der Waals surface area contributed by atoms with Gasteiger partial charge in [-0.2, -0.15) is 0 Å². The molecule has 2 aliphatic rings. The Balaban J connectivity index is 1.19. The molecule has 1 saturated heterocycles. The zero-order valence-corrected chi connectivity index (χ0v) is 22.3. The molecule has 0 radical (unpaired) electrons. The Morgan fingerprint density at radius 2 is 1.95 bits per heavy atom. The van der Waals surface area contributed by atoms with Crippen LogP contribution in [-0.2, 0) is 11.2 Å². The number of carbonyl (C=O) groups excluding carboxylic acids is 2. The van der Waals surface area contributed by atoms with Gasteiger partial charge in [-0.25, -0.2) is 9.18 Å². The molecule has 0 bridgehead atoms. The second-order valence-corrected chi connectivity index (χ2v) is 11.1. The molecule has 2 aliphatic heterocycles. The van der Waals surface area contributed by atoms with E-state index < -0.39 is 0 Å². The van der Waals surface area contributed by atoms with E-state index in [1.54, 1.807) is 52.6 Å². The van der Waals surface area contributed by atoms with Crippen molar-refractivity contribution in [1.82, 2.24) is 14.7 Å². The van der Waals surface area contributed by atoms with E-state index in [0.717, 1.165) is 18.5 Å². The van der Waals surface area contributed by atoms with E-state index >= 15 is 0 Å². The number of rotatable bonds is 5. The molecule has 1 N–H and O–H groups in total. The van der Waals surface area contributed by atoms with Crippen LogP contribution in [0, 0.1) is 5.82 Å². The molecule has 6 nitrogen and oxygen atoms in total. The van der Waals surface area contributed by atoms with Crippen LogP contribution in [0.15, 0.2) is 60.0 Å². The van der Waals surface area contributed by atoms with Gasteiger partial charge in [0.1, 0.15) is 5.82 Å². The summed E-state index contributed by atoms with van der Waals surface area (Å²) in [7, 11) is 0. The normalized spacial score (nSPS) is 20.0. The molecule has 5 rings (SSSR count). The van der Waals surface area contributed by atoms with Crippen molar-refractivity contribution in [3.8, 4) is 0 Å². The SMILES string of the molecule is C[C@@H]1CN(C(=O)CCN2CCc3sccc3[C@@H]2c2cccc(F)c2)CCN1C(=O)Nc1cccc(Cl)c1. The van der Waals surface area contributed by atoms with E-state index in [4.69, 9.17) is 11.6 Å². The topological polar surface area (TPSA) is 55.9 Å². The average molecular weight is 541 g/mol. The van der Waals surface area contributed by atoms with Crippen LogP contribution in [-0.4, -0.2) is 65.4 Å². The molecule has 2 atom stereocenters. The summed E-state index contributed by atoms with van der Waals surface area (Å²) in [6, 6.07) is 15.6. The molecule has 37 heavy (non-hydrogen) atoms. The molecular weight excluding hydrogens is 511 g/mol. The number of hydrogen-bond acceptors (Lipinski definition) is 4. The van der Waals surface area contributed by atoms with Crippen LogP contribution in [0.5, 0.6) is 0 Å². The number of thiophene rings is 1.